The molecule has 0 aliphatic carbocycles. The van der Waals surface area contributed by atoms with Crippen molar-refractivity contribution in [2.24, 2.45) is 0 Å². The molecule has 0 unspecified atom stereocenters. The van der Waals surface area contributed by atoms with Crippen molar-refractivity contribution in [3.8, 4) is 0 Å². The molecule has 0 aromatic carbocycles. The van der Waals surface area contributed by atoms with E-state index in [2.05, 4.69) is 5.32 Å². The van der Waals surface area contributed by atoms with E-state index in [1.165, 1.54) is 0 Å². The Morgan fingerprint density at radius 3 is 2.29 bits per heavy atom. The van der Waals surface area contributed by atoms with Crippen molar-refractivity contribution in [2.45, 2.75) is 33.6 Å². The van der Waals surface area contributed by atoms with E-state index in [-0.39, 0.29) is 18.4 Å². The van der Waals surface area contributed by atoms with Crippen molar-refractivity contribution in [1.29, 1.82) is 0 Å². The molecule has 0 bridgehead atoms. The Bertz CT molecular complexity index is 193. The van der Waals surface area contributed by atoms with Crippen molar-refractivity contribution in [2.75, 3.05) is 19.6 Å². The fourth-order valence-electron chi connectivity index (χ4n) is 1.09. The zero-order valence-electron chi connectivity index (χ0n) is 9.30. The fourth-order valence-corrected chi connectivity index (χ4v) is 1.09. The monoisotopic (exact) mass is 200 g/mol. The SMILES string of the molecule is CCCNC(=O)CN(CC)C(=O)CC. The molecule has 0 rings (SSSR count). The lowest BCUT2D eigenvalue weighted by Crippen LogP contribution is -2.40. The van der Waals surface area contributed by atoms with Crippen molar-refractivity contribution in [3.05, 3.63) is 0 Å². The average molecular weight is 200 g/mol. The zero-order valence-corrected chi connectivity index (χ0v) is 9.30. The van der Waals surface area contributed by atoms with Gasteiger partial charge in [-0.25, -0.2) is 0 Å². The number of hydrogen-bond acceptors (Lipinski definition) is 2. The van der Waals surface area contributed by atoms with Crippen LogP contribution < -0.4 is 5.32 Å². The first-order valence-electron chi connectivity index (χ1n) is 5.20. The van der Waals surface area contributed by atoms with Gasteiger partial charge in [0.25, 0.3) is 0 Å². The first-order chi connectivity index (χ1) is 6.65. The largest absolute Gasteiger partial charge is 0.355 e. The topological polar surface area (TPSA) is 49.4 Å². The van der Waals surface area contributed by atoms with Crippen LogP contribution in [0.1, 0.15) is 33.6 Å². The highest BCUT2D eigenvalue weighted by atomic mass is 16.2. The van der Waals surface area contributed by atoms with Crippen molar-refractivity contribution in [1.82, 2.24) is 10.2 Å². The molecule has 82 valence electrons. The van der Waals surface area contributed by atoms with Gasteiger partial charge >= 0.3 is 0 Å². The van der Waals surface area contributed by atoms with E-state index in [0.717, 1.165) is 6.42 Å². The van der Waals surface area contributed by atoms with Crippen molar-refractivity contribution >= 4 is 11.8 Å². The van der Waals surface area contributed by atoms with E-state index in [0.29, 0.717) is 19.5 Å². The van der Waals surface area contributed by atoms with Crippen LogP contribution in [-0.2, 0) is 9.59 Å². The molecule has 0 spiro atoms. The van der Waals surface area contributed by atoms with Gasteiger partial charge in [0.05, 0.1) is 6.54 Å². The second-order valence-electron chi connectivity index (χ2n) is 3.11. The van der Waals surface area contributed by atoms with E-state index >= 15 is 0 Å². The van der Waals surface area contributed by atoms with E-state index in [4.69, 9.17) is 0 Å². The summed E-state index contributed by atoms with van der Waals surface area (Å²) >= 11 is 0. The summed E-state index contributed by atoms with van der Waals surface area (Å²) in [5.74, 6) is -0.0466. The minimum Gasteiger partial charge on any atom is -0.355 e. The second-order valence-corrected chi connectivity index (χ2v) is 3.11. The first kappa shape index (κ1) is 12.9. The minimum absolute atomic E-state index is 0.0270. The molecule has 0 atom stereocenters. The third kappa shape index (κ3) is 4.84. The molecule has 14 heavy (non-hydrogen) atoms. The summed E-state index contributed by atoms with van der Waals surface area (Å²) in [6.07, 6.45) is 1.37. The van der Waals surface area contributed by atoms with Crippen LogP contribution in [0.2, 0.25) is 0 Å². The van der Waals surface area contributed by atoms with Gasteiger partial charge in [-0.15, -0.1) is 0 Å². The summed E-state index contributed by atoms with van der Waals surface area (Å²) < 4.78 is 0. The molecule has 2 amide bonds. The van der Waals surface area contributed by atoms with Crippen LogP contribution in [0.3, 0.4) is 0 Å². The molecule has 0 saturated carbocycles. The van der Waals surface area contributed by atoms with Crippen LogP contribution >= 0.6 is 0 Å². The van der Waals surface area contributed by atoms with E-state index in [1.807, 2.05) is 13.8 Å². The van der Waals surface area contributed by atoms with Gasteiger partial charge in [0.2, 0.25) is 11.8 Å². The molecular weight excluding hydrogens is 180 g/mol. The third-order valence-electron chi connectivity index (χ3n) is 1.94. The number of carbonyl (C=O) groups is 2. The van der Waals surface area contributed by atoms with Gasteiger partial charge in [0.15, 0.2) is 0 Å². The zero-order chi connectivity index (χ0) is 11.0. The van der Waals surface area contributed by atoms with Gasteiger partial charge in [-0.1, -0.05) is 13.8 Å². The maximum atomic E-state index is 11.3. The quantitative estimate of drug-likeness (QED) is 0.688. The number of amides is 2. The molecular formula is C10H20N2O2. The predicted octanol–water partition coefficient (Wildman–Crippen LogP) is 0.771. The number of likely N-dealkylation sites (N-methyl/N-ethyl adjacent to an activating group) is 1. The highest BCUT2D eigenvalue weighted by Gasteiger charge is 2.12. The lowest BCUT2D eigenvalue weighted by Gasteiger charge is -2.19. The molecule has 0 fully saturated rings. The normalized spacial score (nSPS) is 9.64. The van der Waals surface area contributed by atoms with Gasteiger partial charge in [0.1, 0.15) is 0 Å². The lowest BCUT2D eigenvalue weighted by atomic mass is 10.3. The summed E-state index contributed by atoms with van der Waals surface area (Å²) in [6, 6.07) is 0. The Morgan fingerprint density at radius 1 is 1.21 bits per heavy atom. The maximum absolute atomic E-state index is 11.3. The number of hydrogen-bond donors (Lipinski definition) is 1. The summed E-state index contributed by atoms with van der Waals surface area (Å²) in [5.41, 5.74) is 0. The van der Waals surface area contributed by atoms with Crippen molar-refractivity contribution < 1.29 is 9.59 Å². The average Bonchev–Trinajstić information content (AvgIpc) is 2.21. The van der Waals surface area contributed by atoms with Crippen LogP contribution in [0.25, 0.3) is 0 Å². The Kier molecular flexibility index (Phi) is 6.80. The summed E-state index contributed by atoms with van der Waals surface area (Å²) in [5, 5.41) is 2.74. The second kappa shape index (κ2) is 7.35. The van der Waals surface area contributed by atoms with Crippen LogP contribution in [0, 0.1) is 0 Å². The molecule has 0 radical (unpaired) electrons. The molecule has 0 heterocycles. The lowest BCUT2D eigenvalue weighted by molar-refractivity contribution is -0.135. The molecule has 1 N–H and O–H groups in total. The summed E-state index contributed by atoms with van der Waals surface area (Å²) in [7, 11) is 0. The van der Waals surface area contributed by atoms with Gasteiger partial charge in [-0.2, -0.15) is 0 Å². The van der Waals surface area contributed by atoms with Crippen LogP contribution in [0.15, 0.2) is 0 Å². The number of nitrogens with zero attached hydrogens (tertiary/aromatic N) is 1. The summed E-state index contributed by atoms with van der Waals surface area (Å²) in [4.78, 5) is 24.1. The van der Waals surface area contributed by atoms with Crippen LogP contribution in [-0.4, -0.2) is 36.3 Å². The molecule has 4 heteroatoms. The minimum atomic E-state index is -0.0736. The van der Waals surface area contributed by atoms with Crippen LogP contribution in [0.5, 0.6) is 0 Å². The van der Waals surface area contributed by atoms with Gasteiger partial charge in [-0.05, 0) is 13.3 Å². The molecule has 0 aliphatic rings. The van der Waals surface area contributed by atoms with Crippen LogP contribution in [0.4, 0.5) is 0 Å². The number of nitrogens with one attached hydrogen (secondary N) is 1. The molecule has 0 saturated heterocycles. The predicted molar refractivity (Wildman–Crippen MR) is 55.8 cm³/mol. The number of rotatable bonds is 6. The molecule has 0 aromatic heterocycles. The third-order valence-corrected chi connectivity index (χ3v) is 1.94. The van der Waals surface area contributed by atoms with Crippen molar-refractivity contribution in [3.63, 3.8) is 0 Å². The Hall–Kier alpha value is -1.06. The fraction of sp³-hybridized carbons (Fsp3) is 0.800. The standard InChI is InChI=1S/C10H20N2O2/c1-4-7-11-9(13)8-12(6-3)10(14)5-2/h4-8H2,1-3H3,(H,11,13). The summed E-state index contributed by atoms with van der Waals surface area (Å²) in [6.45, 7) is 7.12. The Balaban J connectivity index is 3.92. The smallest absolute Gasteiger partial charge is 0.239 e. The van der Waals surface area contributed by atoms with E-state index in [9.17, 15) is 9.59 Å². The van der Waals surface area contributed by atoms with Gasteiger partial charge in [-0.3, -0.25) is 9.59 Å². The van der Waals surface area contributed by atoms with E-state index < -0.39 is 0 Å². The van der Waals surface area contributed by atoms with E-state index in [1.54, 1.807) is 11.8 Å². The molecule has 4 nitrogen and oxygen atoms in total. The van der Waals surface area contributed by atoms with Gasteiger partial charge < -0.3 is 10.2 Å². The Morgan fingerprint density at radius 2 is 1.86 bits per heavy atom. The highest BCUT2D eigenvalue weighted by Crippen LogP contribution is 1.92. The first-order valence-corrected chi connectivity index (χ1v) is 5.20. The Labute approximate surface area is 85.7 Å². The number of carbonyl (C=O) groups excluding carboxylic acids is 2. The highest BCUT2D eigenvalue weighted by molar-refractivity contribution is 5.84. The maximum Gasteiger partial charge on any atom is 0.239 e. The van der Waals surface area contributed by atoms with Gasteiger partial charge in [0, 0.05) is 19.5 Å². The molecule has 0 aliphatic heterocycles. The molecule has 0 aromatic rings.